The fraction of sp³-hybridized carbons (Fsp3) is 0.688. The van der Waals surface area contributed by atoms with Gasteiger partial charge in [0.05, 0.1) is 0 Å². The SMILES string of the molecule is CC(C)n1cc(Br)cc1C(=O)NCC1(C)CCCCC1. The van der Waals surface area contributed by atoms with Gasteiger partial charge in [-0.1, -0.05) is 26.2 Å². The van der Waals surface area contributed by atoms with Gasteiger partial charge in [0.1, 0.15) is 5.69 Å². The molecule has 0 saturated heterocycles. The quantitative estimate of drug-likeness (QED) is 0.858. The number of hydrogen-bond donors (Lipinski definition) is 1. The van der Waals surface area contributed by atoms with Gasteiger partial charge in [-0.05, 0) is 54.1 Å². The van der Waals surface area contributed by atoms with Crippen molar-refractivity contribution in [1.82, 2.24) is 9.88 Å². The Balaban J connectivity index is 2.01. The highest BCUT2D eigenvalue weighted by Gasteiger charge is 2.27. The number of carbonyl (C=O) groups is 1. The molecular weight excluding hydrogens is 316 g/mol. The highest BCUT2D eigenvalue weighted by atomic mass is 79.9. The Morgan fingerprint density at radius 2 is 2.05 bits per heavy atom. The van der Waals surface area contributed by atoms with Crippen molar-refractivity contribution in [3.63, 3.8) is 0 Å². The minimum Gasteiger partial charge on any atom is -0.350 e. The molecule has 3 nitrogen and oxygen atoms in total. The van der Waals surface area contributed by atoms with Gasteiger partial charge in [-0.3, -0.25) is 4.79 Å². The van der Waals surface area contributed by atoms with E-state index in [4.69, 9.17) is 0 Å². The van der Waals surface area contributed by atoms with Gasteiger partial charge >= 0.3 is 0 Å². The molecule has 0 radical (unpaired) electrons. The normalized spacial score (nSPS) is 18.2. The smallest absolute Gasteiger partial charge is 0.267 e. The molecule has 1 aromatic heterocycles. The molecule has 1 aromatic rings. The van der Waals surface area contributed by atoms with Crippen LogP contribution in [0.4, 0.5) is 0 Å². The van der Waals surface area contributed by atoms with Crippen molar-refractivity contribution < 1.29 is 4.79 Å². The van der Waals surface area contributed by atoms with E-state index in [2.05, 4.69) is 42.0 Å². The standard InChI is InChI=1S/C16H25BrN2O/c1-12(2)19-10-13(17)9-14(19)15(20)18-11-16(3)7-5-4-6-8-16/h9-10,12H,4-8,11H2,1-3H3,(H,18,20). The van der Waals surface area contributed by atoms with Crippen molar-refractivity contribution in [2.75, 3.05) is 6.54 Å². The molecule has 20 heavy (non-hydrogen) atoms. The van der Waals surface area contributed by atoms with Crippen molar-refractivity contribution in [1.29, 1.82) is 0 Å². The van der Waals surface area contributed by atoms with Gasteiger partial charge in [0, 0.05) is 23.3 Å². The first-order valence-electron chi connectivity index (χ1n) is 7.57. The van der Waals surface area contributed by atoms with E-state index in [1.165, 1.54) is 32.1 Å². The molecule has 0 atom stereocenters. The van der Waals surface area contributed by atoms with Crippen LogP contribution in [-0.4, -0.2) is 17.0 Å². The first-order valence-corrected chi connectivity index (χ1v) is 8.36. The molecule has 0 aliphatic heterocycles. The summed E-state index contributed by atoms with van der Waals surface area (Å²) >= 11 is 3.46. The van der Waals surface area contributed by atoms with Crippen molar-refractivity contribution in [3.05, 3.63) is 22.4 Å². The van der Waals surface area contributed by atoms with E-state index in [0.717, 1.165) is 16.7 Å². The topological polar surface area (TPSA) is 34.0 Å². The molecule has 112 valence electrons. The van der Waals surface area contributed by atoms with Crippen LogP contribution in [0.3, 0.4) is 0 Å². The van der Waals surface area contributed by atoms with Crippen LogP contribution in [-0.2, 0) is 0 Å². The lowest BCUT2D eigenvalue weighted by molar-refractivity contribution is 0.0908. The van der Waals surface area contributed by atoms with Crippen LogP contribution in [0, 0.1) is 5.41 Å². The monoisotopic (exact) mass is 340 g/mol. The van der Waals surface area contributed by atoms with E-state index >= 15 is 0 Å². The third-order valence-electron chi connectivity index (χ3n) is 4.34. The van der Waals surface area contributed by atoms with E-state index < -0.39 is 0 Å². The summed E-state index contributed by atoms with van der Waals surface area (Å²) in [6, 6.07) is 2.19. The fourth-order valence-corrected chi connectivity index (χ4v) is 3.46. The highest BCUT2D eigenvalue weighted by molar-refractivity contribution is 9.10. The van der Waals surface area contributed by atoms with Gasteiger partial charge in [-0.15, -0.1) is 0 Å². The molecule has 1 N–H and O–H groups in total. The third kappa shape index (κ3) is 3.66. The van der Waals surface area contributed by atoms with Crippen LogP contribution < -0.4 is 5.32 Å². The Morgan fingerprint density at radius 3 is 2.65 bits per heavy atom. The second-order valence-electron chi connectivity index (χ2n) is 6.60. The van der Waals surface area contributed by atoms with Gasteiger partial charge in [-0.2, -0.15) is 0 Å². The van der Waals surface area contributed by atoms with Crippen LogP contribution in [0.2, 0.25) is 0 Å². The van der Waals surface area contributed by atoms with Gasteiger partial charge in [0.25, 0.3) is 5.91 Å². The average Bonchev–Trinajstić information content (AvgIpc) is 2.79. The van der Waals surface area contributed by atoms with Crippen molar-refractivity contribution in [3.8, 4) is 0 Å². The van der Waals surface area contributed by atoms with E-state index in [-0.39, 0.29) is 17.4 Å². The Kier molecular flexibility index (Phi) is 4.95. The second-order valence-corrected chi connectivity index (χ2v) is 7.51. The molecule has 1 aliphatic carbocycles. The van der Waals surface area contributed by atoms with Crippen molar-refractivity contribution in [2.24, 2.45) is 5.41 Å². The first kappa shape index (κ1) is 15.6. The number of nitrogens with zero attached hydrogens (tertiary/aromatic N) is 1. The summed E-state index contributed by atoms with van der Waals surface area (Å²) in [5.41, 5.74) is 1.02. The minimum absolute atomic E-state index is 0.0381. The molecule has 0 unspecified atom stereocenters. The molecule has 0 spiro atoms. The van der Waals surface area contributed by atoms with Crippen molar-refractivity contribution in [2.45, 2.75) is 58.9 Å². The Bertz CT molecular complexity index is 473. The molecule has 1 saturated carbocycles. The average molecular weight is 341 g/mol. The van der Waals surface area contributed by atoms with E-state index in [1.54, 1.807) is 0 Å². The summed E-state index contributed by atoms with van der Waals surface area (Å²) < 4.78 is 2.98. The molecule has 1 fully saturated rings. The summed E-state index contributed by atoms with van der Waals surface area (Å²) in [7, 11) is 0. The number of nitrogens with one attached hydrogen (secondary N) is 1. The lowest BCUT2D eigenvalue weighted by atomic mass is 9.76. The van der Waals surface area contributed by atoms with Crippen LogP contribution in [0.25, 0.3) is 0 Å². The summed E-state index contributed by atoms with van der Waals surface area (Å²) in [6.07, 6.45) is 8.35. The lowest BCUT2D eigenvalue weighted by Crippen LogP contribution is -2.37. The molecule has 2 rings (SSSR count). The maximum Gasteiger partial charge on any atom is 0.267 e. The summed E-state index contributed by atoms with van der Waals surface area (Å²) in [6.45, 7) is 7.26. The molecule has 1 heterocycles. The maximum atomic E-state index is 12.4. The predicted molar refractivity (Wildman–Crippen MR) is 86.0 cm³/mol. The number of carbonyl (C=O) groups excluding carboxylic acids is 1. The fourth-order valence-electron chi connectivity index (χ4n) is 3.02. The largest absolute Gasteiger partial charge is 0.350 e. The molecule has 1 amide bonds. The number of halogens is 1. The maximum absolute atomic E-state index is 12.4. The summed E-state index contributed by atoms with van der Waals surface area (Å²) in [5, 5.41) is 3.14. The van der Waals surface area contributed by atoms with Gasteiger partial charge in [0.15, 0.2) is 0 Å². The zero-order valence-corrected chi connectivity index (χ0v) is 14.3. The Labute approximate surface area is 130 Å². The van der Waals surface area contributed by atoms with Crippen LogP contribution in [0.5, 0.6) is 0 Å². The highest BCUT2D eigenvalue weighted by Crippen LogP contribution is 2.35. The minimum atomic E-state index is 0.0381. The van der Waals surface area contributed by atoms with E-state index in [9.17, 15) is 4.79 Å². The number of amides is 1. The van der Waals surface area contributed by atoms with Gasteiger partial charge in [-0.25, -0.2) is 0 Å². The van der Waals surface area contributed by atoms with E-state index in [0.29, 0.717) is 0 Å². The van der Waals surface area contributed by atoms with Crippen LogP contribution in [0.15, 0.2) is 16.7 Å². The Hall–Kier alpha value is -0.770. The predicted octanol–water partition coefficient (Wildman–Crippen LogP) is 4.53. The zero-order valence-electron chi connectivity index (χ0n) is 12.7. The van der Waals surface area contributed by atoms with E-state index in [1.807, 2.05) is 16.8 Å². The van der Waals surface area contributed by atoms with Gasteiger partial charge in [0.2, 0.25) is 0 Å². The van der Waals surface area contributed by atoms with Crippen molar-refractivity contribution >= 4 is 21.8 Å². The van der Waals surface area contributed by atoms with Crippen LogP contribution in [0.1, 0.15) is 69.4 Å². The second kappa shape index (κ2) is 6.33. The summed E-state index contributed by atoms with van der Waals surface area (Å²) in [5.74, 6) is 0.0381. The number of aromatic nitrogens is 1. The molecular formula is C16H25BrN2O. The lowest BCUT2D eigenvalue weighted by Gasteiger charge is -2.33. The van der Waals surface area contributed by atoms with Gasteiger partial charge < -0.3 is 9.88 Å². The molecule has 1 aliphatic rings. The van der Waals surface area contributed by atoms with Crippen LogP contribution >= 0.6 is 15.9 Å². The first-order chi connectivity index (χ1) is 9.41. The summed E-state index contributed by atoms with van der Waals surface area (Å²) in [4.78, 5) is 12.4. The zero-order chi connectivity index (χ0) is 14.8. The molecule has 4 heteroatoms. The molecule has 0 bridgehead atoms. The number of hydrogen-bond acceptors (Lipinski definition) is 1. The molecule has 0 aromatic carbocycles. The third-order valence-corrected chi connectivity index (χ3v) is 4.77. The number of rotatable bonds is 4. The Morgan fingerprint density at radius 1 is 1.40 bits per heavy atom.